The van der Waals surface area contributed by atoms with Crippen LogP contribution in [0.3, 0.4) is 0 Å². The van der Waals surface area contributed by atoms with Gasteiger partial charge in [0, 0.05) is 36.3 Å². The Morgan fingerprint density at radius 3 is 2.73 bits per heavy atom. The third kappa shape index (κ3) is 3.34. The number of nitrogens with zero attached hydrogens (tertiary/aromatic N) is 5. The molecule has 7 rings (SSSR count). The fraction of sp³-hybridized carbons (Fsp3) is 0.231. The molecule has 4 N–H and O–H groups in total. The van der Waals surface area contributed by atoms with E-state index in [1.165, 1.54) is 12.1 Å². The van der Waals surface area contributed by atoms with Crippen molar-refractivity contribution in [1.82, 2.24) is 35.6 Å². The molecule has 0 spiro atoms. The molecule has 2 unspecified atom stereocenters. The number of aromatic nitrogens is 5. The molecule has 11 heteroatoms. The van der Waals surface area contributed by atoms with Crippen LogP contribution in [0.5, 0.6) is 6.08 Å². The predicted molar refractivity (Wildman–Crippen MR) is 133 cm³/mol. The van der Waals surface area contributed by atoms with Crippen molar-refractivity contribution in [1.29, 1.82) is 0 Å². The molecule has 0 fully saturated rings. The number of hydrogen-bond acceptors (Lipinski definition) is 8. The molecule has 0 radical (unpaired) electrons. The van der Waals surface area contributed by atoms with Crippen LogP contribution in [0.25, 0.3) is 10.9 Å². The first-order valence-electron chi connectivity index (χ1n) is 12.0. The summed E-state index contributed by atoms with van der Waals surface area (Å²) in [6, 6.07) is 14.1. The zero-order valence-electron chi connectivity index (χ0n) is 19.8. The minimum atomic E-state index is -1.13. The SMILES string of the molecule is Cn1cc(C2(c3nnc(O)o3)N[C@@H](C3=NC(c4ccc(F)cc4)CN3)Cc3c2[nH]c2ccccc32)cn1. The monoisotopic (exact) mass is 498 g/mol. The van der Waals surface area contributed by atoms with Crippen molar-refractivity contribution in [2.45, 2.75) is 24.0 Å². The normalized spacial score (nSPS) is 23.1. The average molecular weight is 499 g/mol. The molecule has 0 saturated carbocycles. The molecule has 0 aliphatic carbocycles. The summed E-state index contributed by atoms with van der Waals surface area (Å²) in [5.41, 5.74) is 3.47. The highest BCUT2D eigenvalue weighted by molar-refractivity contribution is 5.93. The van der Waals surface area contributed by atoms with Gasteiger partial charge in [-0.25, -0.2) is 4.39 Å². The van der Waals surface area contributed by atoms with Crippen LogP contribution in [-0.2, 0) is 19.0 Å². The molecule has 0 amide bonds. The molecule has 0 saturated heterocycles. The number of fused-ring (bicyclic) bond motifs is 3. The summed E-state index contributed by atoms with van der Waals surface area (Å²) in [6.45, 7) is 0.598. The van der Waals surface area contributed by atoms with Crippen molar-refractivity contribution in [3.63, 3.8) is 0 Å². The molecule has 2 aliphatic heterocycles. The Kier molecular flexibility index (Phi) is 4.70. The van der Waals surface area contributed by atoms with Crippen molar-refractivity contribution in [2.24, 2.45) is 12.0 Å². The zero-order valence-corrected chi connectivity index (χ0v) is 19.8. The summed E-state index contributed by atoms with van der Waals surface area (Å²) in [5, 5.41) is 30.7. The zero-order chi connectivity index (χ0) is 25.1. The molecule has 5 aromatic rings. The number of nitrogens with one attached hydrogen (secondary N) is 3. The number of halogens is 1. The van der Waals surface area contributed by atoms with E-state index in [1.54, 1.807) is 23.0 Å². The molecule has 3 atom stereocenters. The molecule has 2 aliphatic rings. The smallest absolute Gasteiger partial charge is 0.412 e. The number of benzene rings is 2. The molecule has 3 aromatic heterocycles. The fourth-order valence-electron chi connectivity index (χ4n) is 5.54. The van der Waals surface area contributed by atoms with E-state index in [4.69, 9.17) is 9.41 Å². The Hall–Kier alpha value is -4.51. The fourth-order valence-corrected chi connectivity index (χ4v) is 5.54. The van der Waals surface area contributed by atoms with Crippen LogP contribution in [0, 0.1) is 5.82 Å². The number of rotatable bonds is 4. The second-order valence-corrected chi connectivity index (χ2v) is 9.43. The van der Waals surface area contributed by atoms with Crippen molar-refractivity contribution in [2.75, 3.05) is 6.54 Å². The lowest BCUT2D eigenvalue weighted by Crippen LogP contribution is -2.58. The Balaban J connectivity index is 1.41. The first-order valence-corrected chi connectivity index (χ1v) is 12.0. The van der Waals surface area contributed by atoms with Crippen molar-refractivity contribution in [3.05, 3.63) is 95.0 Å². The van der Waals surface area contributed by atoms with Gasteiger partial charge in [0.2, 0.25) is 0 Å². The Bertz CT molecular complexity index is 1610. The van der Waals surface area contributed by atoms with E-state index in [9.17, 15) is 9.50 Å². The van der Waals surface area contributed by atoms with E-state index in [-0.39, 0.29) is 23.8 Å². The van der Waals surface area contributed by atoms with Crippen molar-refractivity contribution < 1.29 is 13.9 Å². The maximum absolute atomic E-state index is 13.5. The van der Waals surface area contributed by atoms with E-state index >= 15 is 0 Å². The highest BCUT2D eigenvalue weighted by Gasteiger charge is 2.51. The first kappa shape index (κ1) is 21.7. The van der Waals surface area contributed by atoms with Gasteiger partial charge < -0.3 is 19.8 Å². The van der Waals surface area contributed by atoms with Crippen LogP contribution in [0.4, 0.5) is 4.39 Å². The van der Waals surface area contributed by atoms with Gasteiger partial charge in [-0.05, 0) is 35.7 Å². The number of hydrogen-bond donors (Lipinski definition) is 4. The number of aryl methyl sites for hydroxylation is 1. The van der Waals surface area contributed by atoms with Gasteiger partial charge in [0.15, 0.2) is 5.54 Å². The van der Waals surface area contributed by atoms with Gasteiger partial charge in [-0.15, -0.1) is 5.10 Å². The Morgan fingerprint density at radius 1 is 1.14 bits per heavy atom. The number of H-pyrrole nitrogens is 1. The summed E-state index contributed by atoms with van der Waals surface area (Å²) in [6.07, 6.45) is 3.75. The lowest BCUT2D eigenvalue weighted by Gasteiger charge is -2.39. The van der Waals surface area contributed by atoms with E-state index in [0.29, 0.717) is 13.0 Å². The van der Waals surface area contributed by atoms with Gasteiger partial charge in [-0.3, -0.25) is 15.0 Å². The molecule has 10 nitrogen and oxygen atoms in total. The maximum atomic E-state index is 13.5. The van der Waals surface area contributed by atoms with Crippen LogP contribution in [-0.4, -0.2) is 48.5 Å². The van der Waals surface area contributed by atoms with Gasteiger partial charge in [-0.1, -0.05) is 35.4 Å². The summed E-state index contributed by atoms with van der Waals surface area (Å²) >= 11 is 0. The van der Waals surface area contributed by atoms with E-state index in [2.05, 4.69) is 37.0 Å². The number of para-hydroxylation sites is 1. The lowest BCUT2D eigenvalue weighted by atomic mass is 9.79. The second kappa shape index (κ2) is 8.00. The van der Waals surface area contributed by atoms with Crippen LogP contribution in [0.2, 0.25) is 0 Å². The summed E-state index contributed by atoms with van der Waals surface area (Å²) in [4.78, 5) is 8.55. The van der Waals surface area contributed by atoms with Gasteiger partial charge in [0.05, 0.1) is 24.0 Å². The molecule has 0 bridgehead atoms. The van der Waals surface area contributed by atoms with Gasteiger partial charge >= 0.3 is 6.08 Å². The number of aliphatic imine (C=N–C) groups is 1. The topological polar surface area (TPSA) is 129 Å². The van der Waals surface area contributed by atoms with Crippen molar-refractivity contribution in [3.8, 4) is 6.08 Å². The van der Waals surface area contributed by atoms with E-state index < -0.39 is 11.6 Å². The second-order valence-electron chi connectivity index (χ2n) is 9.43. The maximum Gasteiger partial charge on any atom is 0.412 e. The van der Waals surface area contributed by atoms with Crippen LogP contribution in [0.15, 0.2) is 70.3 Å². The quantitative estimate of drug-likeness (QED) is 0.300. The van der Waals surface area contributed by atoms with Gasteiger partial charge in [-0.2, -0.15) is 5.10 Å². The number of aromatic amines is 1. The minimum Gasteiger partial charge on any atom is -0.465 e. The summed E-state index contributed by atoms with van der Waals surface area (Å²) in [7, 11) is 1.84. The Labute approximate surface area is 210 Å². The molecule has 5 heterocycles. The summed E-state index contributed by atoms with van der Waals surface area (Å²) in [5.74, 6) is 0.690. The molecule has 2 aromatic carbocycles. The molecular weight excluding hydrogens is 475 g/mol. The predicted octanol–water partition coefficient (Wildman–Crippen LogP) is 2.68. The number of amidine groups is 1. The molecule has 186 valence electrons. The van der Waals surface area contributed by atoms with Crippen LogP contribution < -0.4 is 10.6 Å². The summed E-state index contributed by atoms with van der Waals surface area (Å²) < 4.78 is 20.9. The first-order chi connectivity index (χ1) is 18.0. The van der Waals surface area contributed by atoms with Crippen LogP contribution >= 0.6 is 0 Å². The van der Waals surface area contributed by atoms with Gasteiger partial charge in [0.1, 0.15) is 11.7 Å². The van der Waals surface area contributed by atoms with Crippen LogP contribution in [0.1, 0.15) is 34.3 Å². The highest BCUT2D eigenvalue weighted by atomic mass is 19.1. The lowest BCUT2D eigenvalue weighted by molar-refractivity contribution is 0.263. The molecule has 37 heavy (non-hydrogen) atoms. The molecular formula is C26H23FN8O2. The third-order valence-corrected chi connectivity index (χ3v) is 7.22. The minimum absolute atomic E-state index is 0.137. The highest BCUT2D eigenvalue weighted by Crippen LogP contribution is 2.44. The number of aromatic hydroxyl groups is 1. The van der Waals surface area contributed by atoms with E-state index in [0.717, 1.165) is 39.1 Å². The average Bonchev–Trinajstić information content (AvgIpc) is 3.70. The van der Waals surface area contributed by atoms with E-state index in [1.807, 2.05) is 31.4 Å². The van der Waals surface area contributed by atoms with Crippen molar-refractivity contribution >= 4 is 16.7 Å². The third-order valence-electron chi connectivity index (χ3n) is 7.22. The Morgan fingerprint density at radius 2 is 1.97 bits per heavy atom. The largest absolute Gasteiger partial charge is 0.465 e. The van der Waals surface area contributed by atoms with Gasteiger partial charge in [0.25, 0.3) is 5.89 Å². The standard InChI is InChI=1S/C26H23FN8O2/c1-35-13-15(11-29-35)26(24-33-34-25(36)37-24)22-18(17-4-2-3-5-19(17)30-22)10-20(32-26)23-28-12-21(31-23)14-6-8-16(27)9-7-14/h2-9,11,13,20-21,30,32H,10,12H2,1H3,(H,28,31)(H,34,36)/t20-,21?,26?/m1/s1.